The number of guanidine groups is 2. The Kier molecular flexibility index (Phi) is 10.3. The minimum Gasteiger partial charge on any atom is -0.393 e. The van der Waals surface area contributed by atoms with Crippen molar-refractivity contribution in [1.29, 1.82) is 0 Å². The molecule has 2 aromatic carbocycles. The summed E-state index contributed by atoms with van der Waals surface area (Å²) in [5.74, 6) is 2.43. The highest BCUT2D eigenvalue weighted by Gasteiger charge is 2.29. The number of allylic oxidation sites excluding steroid dienone is 2. The number of pyridine rings is 1. The predicted molar refractivity (Wildman–Crippen MR) is 194 cm³/mol. The van der Waals surface area contributed by atoms with Gasteiger partial charge in [-0.05, 0) is 80.4 Å². The summed E-state index contributed by atoms with van der Waals surface area (Å²) in [6, 6.07) is 16.4. The number of likely N-dealkylation sites (N-methyl/N-ethyl adjacent to an activating group) is 1. The smallest absolute Gasteiger partial charge is 0.248 e. The highest BCUT2D eigenvalue weighted by atomic mass is 16.3. The predicted octanol–water partition coefficient (Wildman–Crippen LogP) is 5.41. The lowest BCUT2D eigenvalue weighted by Crippen LogP contribution is -2.48. The molecule has 48 heavy (non-hydrogen) atoms. The van der Waals surface area contributed by atoms with Crippen molar-refractivity contribution in [1.82, 2.24) is 25.4 Å². The maximum Gasteiger partial charge on any atom is 0.248 e. The molecule has 10 heteroatoms. The summed E-state index contributed by atoms with van der Waals surface area (Å²) < 4.78 is 0. The molecular formula is C38H46N8O2. The number of anilines is 1. The molecule has 0 atom stereocenters. The monoisotopic (exact) mass is 646 g/mol. The number of aromatic nitrogens is 1. The number of amides is 1. The molecule has 0 spiro atoms. The molecule has 3 heterocycles. The summed E-state index contributed by atoms with van der Waals surface area (Å²) in [6.45, 7) is 6.29. The van der Waals surface area contributed by atoms with E-state index < -0.39 is 0 Å². The van der Waals surface area contributed by atoms with E-state index in [2.05, 4.69) is 59.0 Å². The van der Waals surface area contributed by atoms with Gasteiger partial charge in [-0.25, -0.2) is 0 Å². The lowest BCUT2D eigenvalue weighted by Gasteiger charge is -2.35. The molecule has 1 aromatic heterocycles. The Morgan fingerprint density at radius 1 is 1.08 bits per heavy atom. The van der Waals surface area contributed by atoms with Crippen LogP contribution in [0.5, 0.6) is 0 Å². The zero-order valence-corrected chi connectivity index (χ0v) is 28.3. The third-order valence-corrected chi connectivity index (χ3v) is 8.91. The topological polar surface area (TPSA) is 117 Å². The lowest BCUT2D eigenvalue weighted by molar-refractivity contribution is -0.111. The van der Waals surface area contributed by atoms with Gasteiger partial charge in [0.2, 0.25) is 17.8 Å². The largest absolute Gasteiger partial charge is 0.393 e. The average Bonchev–Trinajstić information content (AvgIpc) is 3.07. The summed E-state index contributed by atoms with van der Waals surface area (Å²) in [6.07, 6.45) is 12.7. The quantitative estimate of drug-likeness (QED) is 0.230. The van der Waals surface area contributed by atoms with Crippen LogP contribution in [0.15, 0.2) is 100 Å². The molecule has 1 fully saturated rings. The number of hydrogen-bond donors (Lipinski definition) is 4. The second-order valence-electron chi connectivity index (χ2n) is 13.2. The van der Waals surface area contributed by atoms with E-state index in [0.29, 0.717) is 31.5 Å². The molecule has 3 aliphatic rings. The summed E-state index contributed by atoms with van der Waals surface area (Å²) in [4.78, 5) is 31.4. The molecule has 1 saturated carbocycles. The molecule has 0 radical (unpaired) electrons. The highest BCUT2D eigenvalue weighted by Crippen LogP contribution is 2.32. The Morgan fingerprint density at radius 2 is 1.90 bits per heavy atom. The molecule has 4 N–H and O–H groups in total. The number of nitrogens with one attached hydrogen (secondary N) is 3. The number of rotatable bonds is 9. The maximum atomic E-state index is 12.5. The Balaban J connectivity index is 1.24. The SMILES string of the molecule is CC(C)C1=C2N=C(NC3CCC(O)CC3)N=C(NCc3ccccc3-c3nccc4cc(NC(=O)/C=C/CN(C)C)ccc34)N2CC=C1. The fourth-order valence-corrected chi connectivity index (χ4v) is 6.36. The Bertz CT molecular complexity index is 1800. The first-order valence-corrected chi connectivity index (χ1v) is 16.9. The van der Waals surface area contributed by atoms with Crippen molar-refractivity contribution < 1.29 is 9.90 Å². The first kappa shape index (κ1) is 33.1. The van der Waals surface area contributed by atoms with Gasteiger partial charge in [0.1, 0.15) is 5.82 Å². The molecule has 1 aliphatic carbocycles. The Labute approximate surface area is 283 Å². The number of fused-ring (bicyclic) bond motifs is 2. The number of hydrogen-bond acceptors (Lipinski definition) is 9. The van der Waals surface area contributed by atoms with E-state index in [4.69, 9.17) is 15.0 Å². The molecule has 10 nitrogen and oxygen atoms in total. The molecular weight excluding hydrogens is 600 g/mol. The van der Waals surface area contributed by atoms with Gasteiger partial charge in [0.05, 0.1) is 11.8 Å². The number of carbonyl (C=O) groups is 1. The van der Waals surface area contributed by atoms with Crippen LogP contribution in [-0.4, -0.2) is 77.0 Å². The van der Waals surface area contributed by atoms with E-state index >= 15 is 0 Å². The van der Waals surface area contributed by atoms with Gasteiger partial charge < -0.3 is 26.0 Å². The van der Waals surface area contributed by atoms with E-state index in [9.17, 15) is 9.90 Å². The third-order valence-electron chi connectivity index (χ3n) is 8.91. The van der Waals surface area contributed by atoms with Gasteiger partial charge in [0.15, 0.2) is 0 Å². The first-order chi connectivity index (χ1) is 23.2. The summed E-state index contributed by atoms with van der Waals surface area (Å²) >= 11 is 0. The van der Waals surface area contributed by atoms with Gasteiger partial charge in [-0.15, -0.1) is 0 Å². The van der Waals surface area contributed by atoms with Crippen LogP contribution in [0.2, 0.25) is 0 Å². The molecule has 250 valence electrons. The van der Waals surface area contributed by atoms with Crippen molar-refractivity contribution >= 4 is 34.3 Å². The van der Waals surface area contributed by atoms with Crippen LogP contribution >= 0.6 is 0 Å². The third kappa shape index (κ3) is 7.83. The number of nitrogens with zero attached hydrogens (tertiary/aromatic N) is 5. The molecule has 0 bridgehead atoms. The summed E-state index contributed by atoms with van der Waals surface area (Å²) in [5.41, 5.74) is 4.91. The van der Waals surface area contributed by atoms with E-state index in [1.54, 1.807) is 6.08 Å². The Hall–Kier alpha value is -4.80. The minimum absolute atomic E-state index is 0.156. The first-order valence-electron chi connectivity index (χ1n) is 16.9. The Morgan fingerprint density at radius 3 is 2.69 bits per heavy atom. The van der Waals surface area contributed by atoms with Gasteiger partial charge in [0.25, 0.3) is 0 Å². The molecule has 6 rings (SSSR count). The van der Waals surface area contributed by atoms with Crippen molar-refractivity contribution in [3.05, 3.63) is 96.0 Å². The summed E-state index contributed by atoms with van der Waals surface area (Å²) in [5, 5.41) is 22.2. The van der Waals surface area contributed by atoms with Gasteiger partial charge >= 0.3 is 0 Å². The van der Waals surface area contributed by atoms with Crippen LogP contribution < -0.4 is 16.0 Å². The van der Waals surface area contributed by atoms with E-state index in [1.807, 2.05) is 67.7 Å². The minimum atomic E-state index is -0.217. The normalized spacial score (nSPS) is 19.5. The molecule has 0 saturated heterocycles. The fraction of sp³-hybridized carbons (Fsp3) is 0.368. The van der Waals surface area contributed by atoms with Gasteiger partial charge in [-0.2, -0.15) is 9.98 Å². The van der Waals surface area contributed by atoms with Crippen LogP contribution in [0, 0.1) is 5.92 Å². The van der Waals surface area contributed by atoms with Crippen molar-refractivity contribution in [2.45, 2.75) is 58.2 Å². The highest BCUT2D eigenvalue weighted by molar-refractivity contribution is 6.03. The average molecular weight is 647 g/mol. The van der Waals surface area contributed by atoms with Crippen molar-refractivity contribution in [3.63, 3.8) is 0 Å². The standard InChI is InChI=1S/C38H46N8O2/c1-25(2)31-11-7-22-46-36(31)43-37(42-28-13-16-30(47)17-14-28)44-38(46)40-24-27-9-5-6-10-32(27)35-33-18-15-29(23-26(33)19-20-39-35)41-34(48)12-8-21-45(3)4/h5-12,15,18-20,23,25,28,30,47H,13-14,16-17,21-22,24H2,1-4H3,(H,41,48)(H2,40,42,43,44)/b12-8+. The number of aliphatic imine (C=N–C) groups is 2. The van der Waals surface area contributed by atoms with Crippen LogP contribution in [-0.2, 0) is 11.3 Å². The van der Waals surface area contributed by atoms with Gasteiger partial charge in [-0.1, -0.05) is 62.4 Å². The molecule has 2 aliphatic heterocycles. The number of benzene rings is 2. The molecule has 3 aromatic rings. The van der Waals surface area contributed by atoms with E-state index in [1.165, 1.54) is 5.57 Å². The molecule has 1 amide bonds. The van der Waals surface area contributed by atoms with E-state index in [-0.39, 0.29) is 18.1 Å². The van der Waals surface area contributed by atoms with E-state index in [0.717, 1.165) is 70.7 Å². The van der Waals surface area contributed by atoms with Crippen molar-refractivity contribution in [2.75, 3.05) is 32.5 Å². The summed E-state index contributed by atoms with van der Waals surface area (Å²) in [7, 11) is 3.93. The maximum absolute atomic E-state index is 12.5. The lowest BCUT2D eigenvalue weighted by atomic mass is 9.93. The van der Waals surface area contributed by atoms with Crippen molar-refractivity contribution in [2.24, 2.45) is 15.9 Å². The molecule has 0 unspecified atom stereocenters. The van der Waals surface area contributed by atoms with Crippen LogP contribution in [0.4, 0.5) is 5.69 Å². The second-order valence-corrected chi connectivity index (χ2v) is 13.2. The van der Waals surface area contributed by atoms with Crippen LogP contribution in [0.1, 0.15) is 45.1 Å². The number of aliphatic hydroxyl groups is 1. The van der Waals surface area contributed by atoms with Crippen molar-refractivity contribution in [3.8, 4) is 11.3 Å². The zero-order chi connectivity index (χ0) is 33.6. The van der Waals surface area contributed by atoms with Gasteiger partial charge in [0, 0.05) is 54.6 Å². The van der Waals surface area contributed by atoms with Crippen LogP contribution in [0.25, 0.3) is 22.0 Å². The number of aliphatic hydroxyl groups excluding tert-OH is 1. The number of carbonyl (C=O) groups excluding carboxylic acids is 1. The fourth-order valence-electron chi connectivity index (χ4n) is 6.36. The van der Waals surface area contributed by atoms with Crippen LogP contribution in [0.3, 0.4) is 0 Å². The zero-order valence-electron chi connectivity index (χ0n) is 28.3. The van der Waals surface area contributed by atoms with Gasteiger partial charge in [-0.3, -0.25) is 14.7 Å². The second kappa shape index (κ2) is 15.0.